The van der Waals surface area contributed by atoms with E-state index in [1.807, 2.05) is 11.0 Å². The molecule has 0 unspecified atom stereocenters. The Morgan fingerprint density at radius 3 is 2.21 bits per heavy atom. The third-order valence-electron chi connectivity index (χ3n) is 6.62. The summed E-state index contributed by atoms with van der Waals surface area (Å²) in [5.41, 5.74) is 1.32. The van der Waals surface area contributed by atoms with E-state index in [1.165, 1.54) is 12.1 Å². The Labute approximate surface area is 190 Å². The van der Waals surface area contributed by atoms with E-state index >= 15 is 0 Å². The molecule has 2 aromatic heterocycles. The number of nitrogens with one attached hydrogen (secondary N) is 1. The molecule has 2 saturated heterocycles. The molecule has 176 valence electrons. The standard InChI is InChI=1S/C22H28F2N8O/c1-28-3-5-30(6-4-28)14-15-11-16(23)21(17(24)12-15)32-9-7-31(8-10-32)19-13-18-20(22(33)25-19)26-27-29(18)2/h11-13H,3-10,14H2,1-2H3,(H,25,33). The van der Waals surface area contributed by atoms with E-state index in [4.69, 9.17) is 0 Å². The number of aromatic amines is 1. The van der Waals surface area contributed by atoms with Gasteiger partial charge in [-0.25, -0.2) is 13.5 Å². The summed E-state index contributed by atoms with van der Waals surface area (Å²) in [6.07, 6.45) is 0. The molecule has 0 saturated carbocycles. The second kappa shape index (κ2) is 8.71. The highest BCUT2D eigenvalue weighted by atomic mass is 19.1. The highest BCUT2D eigenvalue weighted by molar-refractivity contribution is 5.76. The van der Waals surface area contributed by atoms with Gasteiger partial charge in [-0.3, -0.25) is 9.69 Å². The molecular formula is C22H28F2N8O. The van der Waals surface area contributed by atoms with Gasteiger partial charge < -0.3 is 19.7 Å². The number of fused-ring (bicyclic) bond motifs is 1. The van der Waals surface area contributed by atoms with Crippen molar-refractivity contribution < 1.29 is 8.78 Å². The first kappa shape index (κ1) is 21.8. The van der Waals surface area contributed by atoms with Crippen LogP contribution in [0.25, 0.3) is 11.0 Å². The minimum absolute atomic E-state index is 0.0246. The fourth-order valence-corrected chi connectivity index (χ4v) is 4.65. The van der Waals surface area contributed by atoms with E-state index in [-0.39, 0.29) is 11.2 Å². The maximum absolute atomic E-state index is 15.0. The molecular weight excluding hydrogens is 430 g/mol. The van der Waals surface area contributed by atoms with E-state index in [9.17, 15) is 13.6 Å². The fourth-order valence-electron chi connectivity index (χ4n) is 4.65. The van der Waals surface area contributed by atoms with Crippen LogP contribution >= 0.6 is 0 Å². The van der Waals surface area contributed by atoms with Gasteiger partial charge in [0, 0.05) is 72.0 Å². The average molecular weight is 459 g/mol. The Morgan fingerprint density at radius 1 is 0.909 bits per heavy atom. The summed E-state index contributed by atoms with van der Waals surface area (Å²) in [6.45, 7) is 6.19. The molecule has 1 aromatic carbocycles. The van der Waals surface area contributed by atoms with Gasteiger partial charge >= 0.3 is 0 Å². The second-order valence-electron chi connectivity index (χ2n) is 8.89. The fraction of sp³-hybridized carbons (Fsp3) is 0.500. The number of hydrogen-bond acceptors (Lipinski definition) is 7. The third-order valence-corrected chi connectivity index (χ3v) is 6.62. The molecule has 2 aliphatic rings. The van der Waals surface area contributed by atoms with Crippen LogP contribution in [0.15, 0.2) is 23.0 Å². The third kappa shape index (κ3) is 4.30. The Bertz CT molecular complexity index is 1190. The lowest BCUT2D eigenvalue weighted by atomic mass is 10.1. The summed E-state index contributed by atoms with van der Waals surface area (Å²) in [6, 6.07) is 4.76. The average Bonchev–Trinajstić information content (AvgIpc) is 3.17. The lowest BCUT2D eigenvalue weighted by Crippen LogP contribution is -2.47. The normalized spacial score (nSPS) is 18.4. The number of benzene rings is 1. The van der Waals surface area contributed by atoms with E-state index in [0.717, 1.165) is 26.2 Å². The Hall–Kier alpha value is -3.05. The monoisotopic (exact) mass is 458 g/mol. The quantitative estimate of drug-likeness (QED) is 0.625. The van der Waals surface area contributed by atoms with Gasteiger partial charge in [0.1, 0.15) is 23.1 Å². The van der Waals surface area contributed by atoms with Gasteiger partial charge in [-0.15, -0.1) is 5.10 Å². The maximum Gasteiger partial charge on any atom is 0.279 e. The largest absolute Gasteiger partial charge is 0.363 e. The number of pyridine rings is 1. The number of nitrogens with zero attached hydrogens (tertiary/aromatic N) is 7. The summed E-state index contributed by atoms with van der Waals surface area (Å²) in [4.78, 5) is 23.4. The lowest BCUT2D eigenvalue weighted by Gasteiger charge is -2.37. The smallest absolute Gasteiger partial charge is 0.279 e. The summed E-state index contributed by atoms with van der Waals surface area (Å²) in [5, 5.41) is 7.77. The zero-order valence-electron chi connectivity index (χ0n) is 18.9. The Morgan fingerprint density at radius 2 is 1.55 bits per heavy atom. The van der Waals surface area contributed by atoms with Crippen LogP contribution < -0.4 is 15.4 Å². The van der Waals surface area contributed by atoms with Crippen molar-refractivity contribution in [3.05, 3.63) is 45.8 Å². The first-order chi connectivity index (χ1) is 15.9. The van der Waals surface area contributed by atoms with E-state index in [2.05, 4.69) is 32.1 Å². The van der Waals surface area contributed by atoms with Crippen molar-refractivity contribution in [1.29, 1.82) is 0 Å². The summed E-state index contributed by atoms with van der Waals surface area (Å²) in [7, 11) is 3.81. The molecule has 2 fully saturated rings. The van der Waals surface area contributed by atoms with Crippen molar-refractivity contribution in [2.24, 2.45) is 7.05 Å². The lowest BCUT2D eigenvalue weighted by molar-refractivity contribution is 0.148. The molecule has 4 heterocycles. The molecule has 0 bridgehead atoms. The summed E-state index contributed by atoms with van der Waals surface area (Å²) in [5.74, 6) is -0.396. The zero-order chi connectivity index (χ0) is 23.1. The van der Waals surface area contributed by atoms with Crippen LogP contribution in [0.1, 0.15) is 5.56 Å². The van der Waals surface area contributed by atoms with Gasteiger partial charge in [-0.2, -0.15) is 0 Å². The number of piperazine rings is 2. The molecule has 11 heteroatoms. The molecule has 1 N–H and O–H groups in total. The number of halogens is 2. The SMILES string of the molecule is CN1CCN(Cc2cc(F)c(N3CCN(c4cc5c(nnn5C)c(=O)[nH]4)CC3)c(F)c2)CC1. The number of aromatic nitrogens is 4. The Balaban J connectivity index is 1.28. The van der Waals surface area contributed by atoms with Gasteiger partial charge in [0.05, 0.1) is 5.52 Å². The molecule has 9 nitrogen and oxygen atoms in total. The first-order valence-corrected chi connectivity index (χ1v) is 11.2. The molecule has 33 heavy (non-hydrogen) atoms. The van der Waals surface area contributed by atoms with Crippen LogP contribution in [-0.4, -0.2) is 89.2 Å². The van der Waals surface area contributed by atoms with Gasteiger partial charge in [0.2, 0.25) is 0 Å². The number of H-pyrrole nitrogens is 1. The van der Waals surface area contributed by atoms with Crippen LogP contribution in [-0.2, 0) is 13.6 Å². The number of rotatable bonds is 4. The number of anilines is 2. The van der Waals surface area contributed by atoms with Crippen molar-refractivity contribution >= 4 is 22.5 Å². The van der Waals surface area contributed by atoms with E-state index in [0.29, 0.717) is 55.1 Å². The maximum atomic E-state index is 15.0. The number of likely N-dealkylation sites (N-methyl/N-ethyl adjacent to an activating group) is 1. The summed E-state index contributed by atoms with van der Waals surface area (Å²) >= 11 is 0. The second-order valence-corrected chi connectivity index (χ2v) is 8.89. The van der Waals surface area contributed by atoms with Gasteiger partial charge in [0.25, 0.3) is 5.56 Å². The Kier molecular flexibility index (Phi) is 5.75. The predicted molar refractivity (Wildman–Crippen MR) is 123 cm³/mol. The first-order valence-electron chi connectivity index (χ1n) is 11.2. The van der Waals surface area contributed by atoms with Crippen molar-refractivity contribution in [1.82, 2.24) is 29.8 Å². The molecule has 0 radical (unpaired) electrons. The molecule has 0 atom stereocenters. The molecule has 3 aromatic rings. The number of hydrogen-bond donors (Lipinski definition) is 1. The molecule has 5 rings (SSSR count). The van der Waals surface area contributed by atoms with Crippen molar-refractivity contribution in [2.75, 3.05) is 69.2 Å². The van der Waals surface area contributed by atoms with Gasteiger partial charge in [-0.05, 0) is 24.7 Å². The summed E-state index contributed by atoms with van der Waals surface area (Å²) < 4.78 is 31.5. The van der Waals surface area contributed by atoms with Crippen LogP contribution in [0.5, 0.6) is 0 Å². The highest BCUT2D eigenvalue weighted by Gasteiger charge is 2.25. The highest BCUT2D eigenvalue weighted by Crippen LogP contribution is 2.28. The number of aryl methyl sites for hydroxylation is 1. The van der Waals surface area contributed by atoms with Gasteiger partial charge in [-0.1, -0.05) is 5.21 Å². The molecule has 2 aliphatic heterocycles. The van der Waals surface area contributed by atoms with Crippen molar-refractivity contribution in [2.45, 2.75) is 6.54 Å². The van der Waals surface area contributed by atoms with E-state index < -0.39 is 11.6 Å². The topological polar surface area (TPSA) is 76.5 Å². The minimum Gasteiger partial charge on any atom is -0.363 e. The van der Waals surface area contributed by atoms with E-state index in [1.54, 1.807) is 16.6 Å². The van der Waals surface area contributed by atoms with Crippen molar-refractivity contribution in [3.8, 4) is 0 Å². The zero-order valence-corrected chi connectivity index (χ0v) is 18.9. The minimum atomic E-state index is -0.525. The van der Waals surface area contributed by atoms with Gasteiger partial charge in [0.15, 0.2) is 5.52 Å². The molecule has 0 aliphatic carbocycles. The molecule has 0 spiro atoms. The van der Waals surface area contributed by atoms with Crippen LogP contribution in [0.4, 0.5) is 20.3 Å². The molecule has 0 amide bonds. The van der Waals surface area contributed by atoms with Crippen molar-refractivity contribution in [3.63, 3.8) is 0 Å². The van der Waals surface area contributed by atoms with Crippen LogP contribution in [0.2, 0.25) is 0 Å². The predicted octanol–water partition coefficient (Wildman–Crippen LogP) is 1.01. The van der Waals surface area contributed by atoms with Crippen LogP contribution in [0, 0.1) is 11.6 Å². The van der Waals surface area contributed by atoms with Crippen LogP contribution in [0.3, 0.4) is 0 Å².